The number of rotatable bonds is 4. The van der Waals surface area contributed by atoms with Gasteiger partial charge in [-0.3, -0.25) is 4.90 Å². The number of hydrogen-bond acceptors (Lipinski definition) is 2. The van der Waals surface area contributed by atoms with Crippen molar-refractivity contribution in [1.82, 2.24) is 10.2 Å². The first-order valence-electron chi connectivity index (χ1n) is 8.28. The molecule has 2 heteroatoms. The molecule has 0 aromatic rings. The molecule has 3 rings (SSSR count). The minimum atomic E-state index is 0.814. The number of nitrogens with one attached hydrogen (secondary N) is 1. The molecule has 1 saturated carbocycles. The van der Waals surface area contributed by atoms with Crippen LogP contribution in [-0.2, 0) is 0 Å². The van der Waals surface area contributed by atoms with E-state index in [2.05, 4.69) is 24.1 Å². The van der Waals surface area contributed by atoms with E-state index in [9.17, 15) is 0 Å². The quantitative estimate of drug-likeness (QED) is 0.824. The highest BCUT2D eigenvalue weighted by Crippen LogP contribution is 2.42. The molecule has 2 bridgehead atoms. The summed E-state index contributed by atoms with van der Waals surface area (Å²) in [5.74, 6) is 0.992. The number of hydrogen-bond donors (Lipinski definition) is 1. The summed E-state index contributed by atoms with van der Waals surface area (Å²) in [4.78, 5) is 2.95. The van der Waals surface area contributed by atoms with E-state index in [0.29, 0.717) is 0 Å². The molecule has 0 aromatic heterocycles. The highest BCUT2D eigenvalue weighted by Gasteiger charge is 2.44. The zero-order chi connectivity index (χ0) is 12.5. The molecule has 2 aliphatic heterocycles. The van der Waals surface area contributed by atoms with Gasteiger partial charge in [0.05, 0.1) is 0 Å². The van der Waals surface area contributed by atoms with Crippen LogP contribution >= 0.6 is 0 Å². The van der Waals surface area contributed by atoms with Crippen LogP contribution in [0.2, 0.25) is 0 Å². The Labute approximate surface area is 113 Å². The number of piperidine rings is 2. The van der Waals surface area contributed by atoms with Crippen molar-refractivity contribution in [1.29, 1.82) is 0 Å². The summed E-state index contributed by atoms with van der Waals surface area (Å²) in [6, 6.07) is 3.57. The fraction of sp³-hybridized carbons (Fsp3) is 1.00. The summed E-state index contributed by atoms with van der Waals surface area (Å²) in [6.07, 6.45) is 11.5. The zero-order valence-corrected chi connectivity index (χ0v) is 12.2. The van der Waals surface area contributed by atoms with Gasteiger partial charge in [-0.15, -0.1) is 0 Å². The minimum absolute atomic E-state index is 0.814. The molecule has 2 saturated heterocycles. The van der Waals surface area contributed by atoms with E-state index < -0.39 is 0 Å². The highest BCUT2D eigenvalue weighted by molar-refractivity contribution is 5.00. The Hall–Kier alpha value is -0.0800. The van der Waals surface area contributed by atoms with E-state index in [4.69, 9.17) is 0 Å². The monoisotopic (exact) mass is 250 g/mol. The van der Waals surface area contributed by atoms with Gasteiger partial charge >= 0.3 is 0 Å². The van der Waals surface area contributed by atoms with Crippen molar-refractivity contribution < 1.29 is 0 Å². The molecule has 0 spiro atoms. The summed E-state index contributed by atoms with van der Waals surface area (Å²) in [5.41, 5.74) is 0. The molecule has 18 heavy (non-hydrogen) atoms. The number of fused-ring (bicyclic) bond motifs is 2. The second-order valence-electron chi connectivity index (χ2n) is 7.04. The van der Waals surface area contributed by atoms with Crippen molar-refractivity contribution in [3.63, 3.8) is 0 Å². The Bertz CT molecular complexity index is 258. The fourth-order valence-electron chi connectivity index (χ4n) is 4.63. The van der Waals surface area contributed by atoms with Crippen LogP contribution in [-0.4, -0.2) is 35.6 Å². The van der Waals surface area contributed by atoms with E-state index in [1.165, 1.54) is 57.9 Å². The molecular formula is C16H30N2. The van der Waals surface area contributed by atoms with Gasteiger partial charge in [0.15, 0.2) is 0 Å². The molecule has 1 aliphatic carbocycles. The van der Waals surface area contributed by atoms with E-state index >= 15 is 0 Å². The fourth-order valence-corrected chi connectivity index (χ4v) is 4.63. The molecule has 3 fully saturated rings. The van der Waals surface area contributed by atoms with Gasteiger partial charge in [0, 0.05) is 24.2 Å². The maximum Gasteiger partial charge on any atom is 0.0116 e. The second-order valence-corrected chi connectivity index (χ2v) is 7.04. The molecule has 104 valence electrons. The lowest BCUT2D eigenvalue weighted by molar-refractivity contribution is -0.0503. The maximum atomic E-state index is 3.78. The average Bonchev–Trinajstić information content (AvgIpc) is 2.31. The lowest BCUT2D eigenvalue weighted by atomic mass is 9.74. The van der Waals surface area contributed by atoms with Gasteiger partial charge in [-0.1, -0.05) is 20.3 Å². The van der Waals surface area contributed by atoms with Crippen LogP contribution in [0, 0.1) is 5.92 Å². The predicted molar refractivity (Wildman–Crippen MR) is 76.8 cm³/mol. The topological polar surface area (TPSA) is 15.3 Å². The van der Waals surface area contributed by atoms with Crippen molar-refractivity contribution in [2.45, 2.75) is 89.4 Å². The highest BCUT2D eigenvalue weighted by atomic mass is 15.2. The largest absolute Gasteiger partial charge is 0.314 e. The first kappa shape index (κ1) is 12.9. The summed E-state index contributed by atoms with van der Waals surface area (Å²) in [7, 11) is 0. The predicted octanol–water partition coefficient (Wildman–Crippen LogP) is 3.17. The lowest BCUT2D eigenvalue weighted by Crippen LogP contribution is -2.61. The molecule has 2 atom stereocenters. The van der Waals surface area contributed by atoms with Crippen LogP contribution in [0.5, 0.6) is 0 Å². The minimum Gasteiger partial charge on any atom is -0.314 e. The van der Waals surface area contributed by atoms with Crippen LogP contribution in [0.4, 0.5) is 0 Å². The van der Waals surface area contributed by atoms with Gasteiger partial charge in [-0.05, 0) is 57.4 Å². The molecule has 0 amide bonds. The normalized spacial score (nSPS) is 44.7. The van der Waals surface area contributed by atoms with Crippen molar-refractivity contribution in [2.24, 2.45) is 5.92 Å². The SMILES string of the molecule is CCCNC1CC2CCCC(C1)N2C1CC(C)C1. The van der Waals surface area contributed by atoms with Crippen molar-refractivity contribution in [3.8, 4) is 0 Å². The third-order valence-corrected chi connectivity index (χ3v) is 5.48. The van der Waals surface area contributed by atoms with E-state index in [1.54, 1.807) is 0 Å². The van der Waals surface area contributed by atoms with Gasteiger partial charge in [-0.2, -0.15) is 0 Å². The van der Waals surface area contributed by atoms with Gasteiger partial charge < -0.3 is 5.32 Å². The van der Waals surface area contributed by atoms with Crippen LogP contribution in [0.1, 0.15) is 65.2 Å². The van der Waals surface area contributed by atoms with Crippen LogP contribution in [0.15, 0.2) is 0 Å². The third-order valence-electron chi connectivity index (χ3n) is 5.48. The Morgan fingerprint density at radius 3 is 2.22 bits per heavy atom. The Balaban J connectivity index is 1.60. The summed E-state index contributed by atoms with van der Waals surface area (Å²) >= 11 is 0. The molecule has 3 aliphatic rings. The third kappa shape index (κ3) is 2.46. The summed E-state index contributed by atoms with van der Waals surface area (Å²) in [6.45, 7) is 5.91. The Morgan fingerprint density at radius 2 is 1.67 bits per heavy atom. The molecule has 2 unspecified atom stereocenters. The van der Waals surface area contributed by atoms with Crippen LogP contribution in [0.25, 0.3) is 0 Å². The first-order chi connectivity index (χ1) is 8.78. The maximum absolute atomic E-state index is 3.78. The summed E-state index contributed by atoms with van der Waals surface area (Å²) in [5, 5.41) is 3.78. The summed E-state index contributed by atoms with van der Waals surface area (Å²) < 4.78 is 0. The van der Waals surface area contributed by atoms with Gasteiger partial charge in [0.25, 0.3) is 0 Å². The molecule has 1 N–H and O–H groups in total. The molecule has 2 nitrogen and oxygen atoms in total. The molecule has 2 heterocycles. The van der Waals surface area contributed by atoms with Crippen LogP contribution < -0.4 is 5.32 Å². The zero-order valence-electron chi connectivity index (χ0n) is 12.2. The van der Waals surface area contributed by atoms with Gasteiger partial charge in [0.1, 0.15) is 0 Å². The molecule has 0 aromatic carbocycles. The molecule has 0 radical (unpaired) electrons. The van der Waals surface area contributed by atoms with Crippen molar-refractivity contribution >= 4 is 0 Å². The number of nitrogens with zero attached hydrogens (tertiary/aromatic N) is 1. The van der Waals surface area contributed by atoms with Crippen molar-refractivity contribution in [3.05, 3.63) is 0 Å². The molecular weight excluding hydrogens is 220 g/mol. The first-order valence-corrected chi connectivity index (χ1v) is 8.28. The standard InChI is InChI=1S/C16H30N2/c1-3-7-17-13-10-14-5-4-6-15(11-13)18(14)16-8-12(2)9-16/h12-17H,3-11H2,1-2H3. The van der Waals surface area contributed by atoms with E-state index in [1.807, 2.05) is 0 Å². The average molecular weight is 250 g/mol. The van der Waals surface area contributed by atoms with Gasteiger partial charge in [0.2, 0.25) is 0 Å². The van der Waals surface area contributed by atoms with Crippen molar-refractivity contribution in [2.75, 3.05) is 6.54 Å². The van der Waals surface area contributed by atoms with Crippen LogP contribution in [0.3, 0.4) is 0 Å². The Morgan fingerprint density at radius 1 is 1.00 bits per heavy atom. The lowest BCUT2D eigenvalue weighted by Gasteiger charge is -2.56. The Kier molecular flexibility index (Phi) is 3.95. The van der Waals surface area contributed by atoms with Gasteiger partial charge in [-0.25, -0.2) is 0 Å². The second kappa shape index (κ2) is 5.50. The smallest absolute Gasteiger partial charge is 0.0116 e. The van der Waals surface area contributed by atoms with E-state index in [0.717, 1.165) is 30.1 Å². The van der Waals surface area contributed by atoms with E-state index in [-0.39, 0.29) is 0 Å².